The summed E-state index contributed by atoms with van der Waals surface area (Å²) in [6.07, 6.45) is 2.47. The average molecular weight is 298 g/mol. The van der Waals surface area contributed by atoms with Crippen LogP contribution in [-0.4, -0.2) is 46.7 Å². The van der Waals surface area contributed by atoms with E-state index in [1.165, 1.54) is 31.6 Å². The fraction of sp³-hybridized carbons (Fsp3) is 0.529. The van der Waals surface area contributed by atoms with Gasteiger partial charge in [-0.05, 0) is 38.0 Å². The summed E-state index contributed by atoms with van der Waals surface area (Å²) in [6.45, 7) is 6.52. The quantitative estimate of drug-likeness (QED) is 0.800. The molecular formula is C17H22N4O. The van der Waals surface area contributed by atoms with E-state index in [0.29, 0.717) is 11.4 Å². The van der Waals surface area contributed by atoms with Gasteiger partial charge in [-0.2, -0.15) is 0 Å². The summed E-state index contributed by atoms with van der Waals surface area (Å²) in [4.78, 5) is 22.0. The number of piperidine rings is 1. The van der Waals surface area contributed by atoms with Gasteiger partial charge >= 0.3 is 0 Å². The van der Waals surface area contributed by atoms with E-state index in [4.69, 9.17) is 0 Å². The summed E-state index contributed by atoms with van der Waals surface area (Å²) in [5, 5.41) is 0.708. The van der Waals surface area contributed by atoms with Gasteiger partial charge < -0.3 is 9.80 Å². The van der Waals surface area contributed by atoms with Crippen LogP contribution in [0.3, 0.4) is 0 Å². The Labute approximate surface area is 130 Å². The zero-order valence-electron chi connectivity index (χ0n) is 13.2. The Morgan fingerprint density at radius 2 is 1.91 bits per heavy atom. The van der Waals surface area contributed by atoms with E-state index in [2.05, 4.69) is 26.9 Å². The summed E-state index contributed by atoms with van der Waals surface area (Å²) in [6, 6.07) is 6.76. The standard InChI is InChI=1S/C17H22N4O/c1-12-18-16-11-14(3-4-15(16)17(22)19(12)2)21-10-9-20-7-5-13(21)6-8-20/h3-4,11,13H,5-10H2,1-2H3. The van der Waals surface area contributed by atoms with Gasteiger partial charge in [0.05, 0.1) is 10.9 Å². The Hall–Kier alpha value is -1.88. The zero-order chi connectivity index (χ0) is 15.3. The highest BCUT2D eigenvalue weighted by molar-refractivity contribution is 5.81. The molecule has 0 saturated carbocycles. The smallest absolute Gasteiger partial charge is 0.261 e. The lowest BCUT2D eigenvalue weighted by molar-refractivity contribution is 0.250. The molecule has 4 heterocycles. The molecule has 5 heteroatoms. The normalized spacial score (nSPS) is 24.7. The monoisotopic (exact) mass is 298 g/mol. The Kier molecular flexibility index (Phi) is 3.18. The minimum absolute atomic E-state index is 0.0388. The Balaban J connectivity index is 1.79. The highest BCUT2D eigenvalue weighted by Gasteiger charge is 2.29. The molecule has 0 radical (unpaired) electrons. The second-order valence-corrected chi connectivity index (χ2v) is 6.49. The first-order chi connectivity index (χ1) is 10.6. The molecule has 0 unspecified atom stereocenters. The maximum Gasteiger partial charge on any atom is 0.261 e. The maximum absolute atomic E-state index is 12.3. The molecule has 0 amide bonds. The van der Waals surface area contributed by atoms with Crippen molar-refractivity contribution < 1.29 is 0 Å². The van der Waals surface area contributed by atoms with Crippen molar-refractivity contribution in [2.45, 2.75) is 25.8 Å². The third kappa shape index (κ3) is 2.11. The summed E-state index contributed by atoms with van der Waals surface area (Å²) in [5.74, 6) is 0.762. The van der Waals surface area contributed by atoms with Crippen molar-refractivity contribution >= 4 is 16.6 Å². The van der Waals surface area contributed by atoms with Crippen molar-refractivity contribution in [1.82, 2.24) is 14.5 Å². The van der Waals surface area contributed by atoms with E-state index in [9.17, 15) is 4.79 Å². The van der Waals surface area contributed by atoms with Crippen LogP contribution < -0.4 is 10.5 Å². The van der Waals surface area contributed by atoms with Crippen molar-refractivity contribution in [3.63, 3.8) is 0 Å². The van der Waals surface area contributed by atoms with E-state index in [1.807, 2.05) is 13.0 Å². The van der Waals surface area contributed by atoms with Crippen LogP contribution in [0.15, 0.2) is 23.0 Å². The molecule has 5 nitrogen and oxygen atoms in total. The van der Waals surface area contributed by atoms with E-state index >= 15 is 0 Å². The van der Waals surface area contributed by atoms with Crippen molar-refractivity contribution in [1.29, 1.82) is 0 Å². The Bertz CT molecular complexity index is 774. The van der Waals surface area contributed by atoms with Crippen LogP contribution in [0.5, 0.6) is 0 Å². The molecule has 5 rings (SSSR count). The molecule has 1 aromatic carbocycles. The van der Waals surface area contributed by atoms with Crippen molar-refractivity contribution in [2.75, 3.05) is 31.1 Å². The molecule has 2 bridgehead atoms. The number of nitrogens with zero attached hydrogens (tertiary/aromatic N) is 4. The van der Waals surface area contributed by atoms with Gasteiger partial charge in [0.2, 0.25) is 0 Å². The summed E-state index contributed by atoms with van der Waals surface area (Å²) in [7, 11) is 1.78. The number of benzene rings is 1. The fourth-order valence-corrected chi connectivity index (χ4v) is 3.78. The van der Waals surface area contributed by atoms with Crippen molar-refractivity contribution in [3.8, 4) is 0 Å². The molecule has 0 N–H and O–H groups in total. The Morgan fingerprint density at radius 3 is 2.68 bits per heavy atom. The number of hydrogen-bond donors (Lipinski definition) is 0. The molecule has 0 aliphatic carbocycles. The number of aromatic nitrogens is 2. The number of rotatable bonds is 1. The van der Waals surface area contributed by atoms with E-state index < -0.39 is 0 Å². The van der Waals surface area contributed by atoms with Gasteiger partial charge in [0.1, 0.15) is 5.82 Å². The lowest BCUT2D eigenvalue weighted by Gasteiger charge is -2.33. The highest BCUT2D eigenvalue weighted by atomic mass is 16.1. The van der Waals surface area contributed by atoms with Gasteiger partial charge in [0.15, 0.2) is 0 Å². The molecule has 22 heavy (non-hydrogen) atoms. The fourth-order valence-electron chi connectivity index (χ4n) is 3.78. The molecule has 0 atom stereocenters. The van der Waals surface area contributed by atoms with Gasteiger partial charge in [0.25, 0.3) is 5.56 Å². The third-order valence-electron chi connectivity index (χ3n) is 5.27. The number of anilines is 1. The predicted octanol–water partition coefficient (Wildman–Crippen LogP) is 1.53. The second kappa shape index (κ2) is 5.09. The molecular weight excluding hydrogens is 276 g/mol. The molecule has 1 aromatic heterocycles. The maximum atomic E-state index is 12.3. The first-order valence-corrected chi connectivity index (χ1v) is 8.10. The van der Waals surface area contributed by atoms with Gasteiger partial charge in [-0.25, -0.2) is 4.98 Å². The topological polar surface area (TPSA) is 41.4 Å². The number of hydrogen-bond acceptors (Lipinski definition) is 4. The molecule has 3 aliphatic rings. The van der Waals surface area contributed by atoms with Gasteiger partial charge in [-0.15, -0.1) is 0 Å². The SMILES string of the molecule is Cc1nc2cc(N3CCN4CCC3CC4)ccc2c(=O)n1C. The predicted molar refractivity (Wildman–Crippen MR) is 88.5 cm³/mol. The van der Waals surface area contributed by atoms with Gasteiger partial charge in [0, 0.05) is 45.0 Å². The lowest BCUT2D eigenvalue weighted by atomic mass is 10.0. The van der Waals surface area contributed by atoms with Crippen LogP contribution in [0.4, 0.5) is 5.69 Å². The Morgan fingerprint density at radius 1 is 1.14 bits per heavy atom. The molecule has 3 aliphatic heterocycles. The van der Waals surface area contributed by atoms with Crippen LogP contribution in [0, 0.1) is 6.92 Å². The van der Waals surface area contributed by atoms with Crippen molar-refractivity contribution in [2.24, 2.45) is 7.05 Å². The van der Waals surface area contributed by atoms with Gasteiger partial charge in [-0.1, -0.05) is 0 Å². The molecule has 0 spiro atoms. The first-order valence-electron chi connectivity index (χ1n) is 8.10. The zero-order valence-corrected chi connectivity index (χ0v) is 13.2. The van der Waals surface area contributed by atoms with E-state index in [1.54, 1.807) is 11.6 Å². The minimum atomic E-state index is 0.0388. The molecule has 3 fully saturated rings. The second-order valence-electron chi connectivity index (χ2n) is 6.49. The molecule has 116 valence electrons. The first kappa shape index (κ1) is 13.8. The van der Waals surface area contributed by atoms with Crippen LogP contribution >= 0.6 is 0 Å². The number of fused-ring (bicyclic) bond motifs is 5. The number of aryl methyl sites for hydroxylation is 1. The van der Waals surface area contributed by atoms with Crippen LogP contribution in [-0.2, 0) is 7.05 Å². The summed E-state index contributed by atoms with van der Waals surface area (Å²) in [5.41, 5.74) is 2.07. The average Bonchev–Trinajstić information content (AvgIpc) is 2.86. The van der Waals surface area contributed by atoms with E-state index in [0.717, 1.165) is 24.4 Å². The van der Waals surface area contributed by atoms with Crippen LogP contribution in [0.25, 0.3) is 10.9 Å². The molecule has 2 aromatic rings. The molecule has 3 saturated heterocycles. The summed E-state index contributed by atoms with van der Waals surface area (Å²) < 4.78 is 1.61. The van der Waals surface area contributed by atoms with Crippen LogP contribution in [0.1, 0.15) is 18.7 Å². The van der Waals surface area contributed by atoms with E-state index in [-0.39, 0.29) is 5.56 Å². The lowest BCUT2D eigenvalue weighted by Crippen LogP contribution is -2.37. The summed E-state index contributed by atoms with van der Waals surface area (Å²) >= 11 is 0. The largest absolute Gasteiger partial charge is 0.367 e. The minimum Gasteiger partial charge on any atom is -0.367 e. The van der Waals surface area contributed by atoms with Crippen molar-refractivity contribution in [3.05, 3.63) is 34.4 Å². The highest BCUT2D eigenvalue weighted by Crippen LogP contribution is 2.28. The van der Waals surface area contributed by atoms with Gasteiger partial charge in [-0.3, -0.25) is 9.36 Å². The van der Waals surface area contributed by atoms with Crippen LogP contribution in [0.2, 0.25) is 0 Å². The third-order valence-corrected chi connectivity index (χ3v) is 5.27.